The average molecular weight is 336 g/mol. The van der Waals surface area contributed by atoms with Crippen LogP contribution < -0.4 is 10.6 Å². The molecule has 0 aliphatic carbocycles. The Morgan fingerprint density at radius 2 is 1.88 bits per heavy atom. The maximum Gasteiger partial charge on any atom is 0.233 e. The van der Waals surface area contributed by atoms with Gasteiger partial charge >= 0.3 is 0 Å². The Labute approximate surface area is 142 Å². The molecule has 2 N–H and O–H groups in total. The van der Waals surface area contributed by atoms with Crippen LogP contribution in [0.15, 0.2) is 24.3 Å². The predicted octanol–water partition coefficient (Wildman–Crippen LogP) is 0.908. The number of hydrogen-bond acceptors (Lipinski definition) is 4. The lowest BCUT2D eigenvalue weighted by Crippen LogP contribution is -2.38. The van der Waals surface area contributed by atoms with Crippen LogP contribution in [0.25, 0.3) is 0 Å². The molecule has 0 aromatic heterocycles. The van der Waals surface area contributed by atoms with Gasteiger partial charge in [-0.2, -0.15) is 0 Å². The van der Waals surface area contributed by atoms with Gasteiger partial charge in [0.25, 0.3) is 0 Å². The zero-order valence-corrected chi connectivity index (χ0v) is 14.1. The molecule has 0 bridgehead atoms. The van der Waals surface area contributed by atoms with Gasteiger partial charge in [-0.3, -0.25) is 14.5 Å². The third-order valence-corrected chi connectivity index (χ3v) is 4.09. The van der Waals surface area contributed by atoms with Gasteiger partial charge in [0.2, 0.25) is 11.8 Å². The summed E-state index contributed by atoms with van der Waals surface area (Å²) in [5.41, 5.74) is 0.479. The fourth-order valence-electron chi connectivity index (χ4n) is 2.74. The quantitative estimate of drug-likeness (QED) is 0.810. The van der Waals surface area contributed by atoms with Gasteiger partial charge in [0.15, 0.2) is 0 Å². The van der Waals surface area contributed by atoms with E-state index in [0.29, 0.717) is 25.2 Å². The molecule has 2 rings (SSSR count). The molecular weight excluding hydrogens is 311 g/mol. The zero-order chi connectivity index (χ0) is 17.4. The summed E-state index contributed by atoms with van der Waals surface area (Å²) in [5.74, 6) is -0.457. The summed E-state index contributed by atoms with van der Waals surface area (Å²) in [5, 5.41) is 5.35. The Balaban J connectivity index is 1.72. The van der Waals surface area contributed by atoms with E-state index in [4.69, 9.17) is 0 Å². The minimum absolute atomic E-state index is 0.0259. The molecule has 1 aromatic rings. The number of hydrogen-bond donors (Lipinski definition) is 2. The Bertz CT molecular complexity index is 567. The third-order valence-electron chi connectivity index (χ3n) is 4.09. The van der Waals surface area contributed by atoms with Crippen molar-refractivity contribution in [2.45, 2.75) is 12.8 Å². The molecule has 0 atom stereocenters. The molecule has 6 nitrogen and oxygen atoms in total. The molecule has 132 valence electrons. The second-order valence-electron chi connectivity index (χ2n) is 5.95. The molecule has 7 heteroatoms. The number of benzene rings is 1. The number of amides is 2. The van der Waals surface area contributed by atoms with Gasteiger partial charge < -0.3 is 15.5 Å². The smallest absolute Gasteiger partial charge is 0.233 e. The molecule has 1 aliphatic rings. The summed E-state index contributed by atoms with van der Waals surface area (Å²) < 4.78 is 13.1. The lowest BCUT2D eigenvalue weighted by atomic mass is 10.3. The highest BCUT2D eigenvalue weighted by atomic mass is 19.1. The Kier molecular flexibility index (Phi) is 7.14. The monoisotopic (exact) mass is 336 g/mol. The molecule has 1 saturated heterocycles. The number of rotatable bonds is 6. The van der Waals surface area contributed by atoms with E-state index in [2.05, 4.69) is 20.4 Å². The molecule has 1 fully saturated rings. The standard InChI is InChI=1S/C17H25FN4O2/c1-19-17(24)13-22-8-3-7-21(10-11-22)9-6-16(23)20-15-5-2-4-14(18)12-15/h2,4-5,12H,3,6-11,13H2,1H3,(H,19,24)(H,20,23). The van der Waals surface area contributed by atoms with Crippen molar-refractivity contribution >= 4 is 17.5 Å². The minimum atomic E-state index is -0.364. The van der Waals surface area contributed by atoms with E-state index in [1.807, 2.05) is 0 Å². The molecule has 0 unspecified atom stereocenters. The van der Waals surface area contributed by atoms with Crippen molar-refractivity contribution in [3.05, 3.63) is 30.1 Å². The van der Waals surface area contributed by atoms with Gasteiger partial charge in [-0.05, 0) is 37.7 Å². The summed E-state index contributed by atoms with van der Waals surface area (Å²) in [7, 11) is 1.64. The fourth-order valence-corrected chi connectivity index (χ4v) is 2.74. The van der Waals surface area contributed by atoms with E-state index < -0.39 is 0 Å². The molecule has 1 aliphatic heterocycles. The largest absolute Gasteiger partial charge is 0.358 e. The normalized spacial score (nSPS) is 16.4. The first-order chi connectivity index (χ1) is 11.6. The van der Waals surface area contributed by atoms with E-state index in [1.54, 1.807) is 19.2 Å². The van der Waals surface area contributed by atoms with E-state index in [-0.39, 0.29) is 17.6 Å². The minimum Gasteiger partial charge on any atom is -0.358 e. The number of nitrogens with zero attached hydrogens (tertiary/aromatic N) is 2. The lowest BCUT2D eigenvalue weighted by molar-refractivity contribution is -0.121. The van der Waals surface area contributed by atoms with Crippen LogP contribution in [-0.2, 0) is 9.59 Å². The van der Waals surface area contributed by atoms with Gasteiger partial charge in [-0.25, -0.2) is 4.39 Å². The summed E-state index contributed by atoms with van der Waals surface area (Å²) >= 11 is 0. The van der Waals surface area contributed by atoms with E-state index in [1.165, 1.54) is 12.1 Å². The van der Waals surface area contributed by atoms with Crippen LogP contribution in [0, 0.1) is 5.82 Å². The maximum absolute atomic E-state index is 13.1. The number of carbonyl (C=O) groups excluding carboxylic acids is 2. The highest BCUT2D eigenvalue weighted by Gasteiger charge is 2.17. The van der Waals surface area contributed by atoms with Gasteiger partial charge in [0.1, 0.15) is 5.82 Å². The number of halogens is 1. The van der Waals surface area contributed by atoms with Crippen molar-refractivity contribution in [1.82, 2.24) is 15.1 Å². The first-order valence-corrected chi connectivity index (χ1v) is 8.27. The van der Waals surface area contributed by atoms with Crippen molar-refractivity contribution < 1.29 is 14.0 Å². The first kappa shape index (κ1) is 18.4. The van der Waals surface area contributed by atoms with Gasteiger partial charge in [-0.15, -0.1) is 0 Å². The zero-order valence-electron chi connectivity index (χ0n) is 14.1. The van der Waals surface area contributed by atoms with Crippen molar-refractivity contribution in [1.29, 1.82) is 0 Å². The van der Waals surface area contributed by atoms with Crippen molar-refractivity contribution in [2.75, 3.05) is 51.6 Å². The molecule has 1 heterocycles. The van der Waals surface area contributed by atoms with Crippen molar-refractivity contribution in [3.8, 4) is 0 Å². The number of anilines is 1. The van der Waals surface area contributed by atoms with Gasteiger partial charge in [0.05, 0.1) is 6.54 Å². The summed E-state index contributed by atoms with van der Waals surface area (Å²) in [6.07, 6.45) is 1.34. The number of nitrogens with one attached hydrogen (secondary N) is 2. The average Bonchev–Trinajstić information content (AvgIpc) is 2.78. The highest BCUT2D eigenvalue weighted by Crippen LogP contribution is 2.10. The molecule has 2 amide bonds. The Hall–Kier alpha value is -1.99. The summed E-state index contributed by atoms with van der Waals surface area (Å²) in [4.78, 5) is 27.8. The van der Waals surface area contributed by atoms with E-state index in [0.717, 1.165) is 32.6 Å². The summed E-state index contributed by atoms with van der Waals surface area (Å²) in [6.45, 7) is 4.54. The third kappa shape index (κ3) is 6.25. The van der Waals surface area contributed by atoms with Gasteiger partial charge in [-0.1, -0.05) is 6.07 Å². The molecule has 0 saturated carbocycles. The first-order valence-electron chi connectivity index (χ1n) is 8.27. The second kappa shape index (κ2) is 9.34. The van der Waals surface area contributed by atoms with Crippen LogP contribution in [0.2, 0.25) is 0 Å². The van der Waals surface area contributed by atoms with E-state index in [9.17, 15) is 14.0 Å². The molecule has 1 aromatic carbocycles. The highest BCUT2D eigenvalue weighted by molar-refractivity contribution is 5.90. The van der Waals surface area contributed by atoms with E-state index >= 15 is 0 Å². The topological polar surface area (TPSA) is 64.7 Å². The van der Waals surface area contributed by atoms with Crippen LogP contribution in [0.4, 0.5) is 10.1 Å². The van der Waals surface area contributed by atoms with Crippen molar-refractivity contribution in [3.63, 3.8) is 0 Å². The second-order valence-corrected chi connectivity index (χ2v) is 5.95. The predicted molar refractivity (Wildman–Crippen MR) is 91.2 cm³/mol. The van der Waals surface area contributed by atoms with Crippen molar-refractivity contribution in [2.24, 2.45) is 0 Å². The molecular formula is C17H25FN4O2. The molecule has 0 spiro atoms. The van der Waals surface area contributed by atoms with Crippen LogP contribution in [0.5, 0.6) is 0 Å². The SMILES string of the molecule is CNC(=O)CN1CCCN(CCC(=O)Nc2cccc(F)c2)CC1. The fraction of sp³-hybridized carbons (Fsp3) is 0.529. The lowest BCUT2D eigenvalue weighted by Gasteiger charge is -2.21. The molecule has 0 radical (unpaired) electrons. The number of carbonyl (C=O) groups is 2. The Morgan fingerprint density at radius 3 is 2.62 bits per heavy atom. The van der Waals surface area contributed by atoms with Crippen LogP contribution in [-0.4, -0.2) is 67.9 Å². The number of likely N-dealkylation sites (N-methyl/N-ethyl adjacent to an activating group) is 1. The maximum atomic E-state index is 13.1. The Morgan fingerprint density at radius 1 is 1.12 bits per heavy atom. The molecule has 24 heavy (non-hydrogen) atoms. The van der Waals surface area contributed by atoms with Crippen LogP contribution in [0.1, 0.15) is 12.8 Å². The van der Waals surface area contributed by atoms with Gasteiger partial charge in [0, 0.05) is 38.8 Å². The van der Waals surface area contributed by atoms with Crippen LogP contribution in [0.3, 0.4) is 0 Å². The summed E-state index contributed by atoms with van der Waals surface area (Å²) in [6, 6.07) is 5.89. The van der Waals surface area contributed by atoms with Crippen LogP contribution >= 0.6 is 0 Å².